The molecule has 0 spiro atoms. The number of nitrogens with zero attached hydrogens (tertiary/aromatic N) is 2. The molecule has 7 heteroatoms. The standard InChI is InChI=1S/C17H17N3O3S/c1-12-14(10-16(11-18)20(12)2)6-9-17(21)13-4-7-15(8-5-13)19-24(3,22)23/h4-10,19H,1-3H3/b9-6+. The number of benzene rings is 1. The summed E-state index contributed by atoms with van der Waals surface area (Å²) in [5.74, 6) is -0.206. The predicted molar refractivity (Wildman–Crippen MR) is 93.1 cm³/mol. The maximum Gasteiger partial charge on any atom is 0.229 e. The number of carbonyl (C=O) groups is 1. The molecular weight excluding hydrogens is 326 g/mol. The third-order valence-corrected chi connectivity index (χ3v) is 4.18. The van der Waals surface area contributed by atoms with Crippen LogP contribution in [0.15, 0.2) is 36.4 Å². The van der Waals surface area contributed by atoms with Crippen LogP contribution in [0.1, 0.15) is 27.3 Å². The number of rotatable bonds is 5. The lowest BCUT2D eigenvalue weighted by molar-refractivity contribution is 0.104. The van der Waals surface area contributed by atoms with Gasteiger partial charge in [0.15, 0.2) is 5.78 Å². The van der Waals surface area contributed by atoms with Gasteiger partial charge >= 0.3 is 0 Å². The van der Waals surface area contributed by atoms with Crippen LogP contribution in [0.2, 0.25) is 0 Å². The molecule has 0 aliphatic carbocycles. The third kappa shape index (κ3) is 4.12. The first kappa shape index (κ1) is 17.5. The van der Waals surface area contributed by atoms with Gasteiger partial charge in [-0.1, -0.05) is 0 Å². The van der Waals surface area contributed by atoms with E-state index in [1.807, 2.05) is 6.92 Å². The van der Waals surface area contributed by atoms with Gasteiger partial charge in [-0.05, 0) is 55.0 Å². The number of carbonyl (C=O) groups excluding carboxylic acids is 1. The highest BCUT2D eigenvalue weighted by molar-refractivity contribution is 7.92. The summed E-state index contributed by atoms with van der Waals surface area (Å²) in [6, 6.07) is 9.98. The number of anilines is 1. The summed E-state index contributed by atoms with van der Waals surface area (Å²) in [5, 5.41) is 9.01. The van der Waals surface area contributed by atoms with E-state index in [0.717, 1.165) is 17.5 Å². The molecule has 2 rings (SSSR count). The van der Waals surface area contributed by atoms with Gasteiger partial charge < -0.3 is 4.57 Å². The second-order valence-corrected chi connectivity index (χ2v) is 7.14. The number of allylic oxidation sites excluding steroid dienone is 1. The number of sulfonamides is 1. The van der Waals surface area contributed by atoms with Gasteiger partial charge in [0.05, 0.1) is 6.26 Å². The van der Waals surface area contributed by atoms with E-state index in [4.69, 9.17) is 5.26 Å². The van der Waals surface area contributed by atoms with E-state index in [2.05, 4.69) is 10.8 Å². The largest absolute Gasteiger partial charge is 0.339 e. The zero-order valence-corrected chi connectivity index (χ0v) is 14.4. The average Bonchev–Trinajstić information content (AvgIpc) is 2.79. The van der Waals surface area contributed by atoms with Crippen LogP contribution in [0, 0.1) is 18.3 Å². The first-order chi connectivity index (χ1) is 11.2. The van der Waals surface area contributed by atoms with Crippen molar-refractivity contribution in [1.82, 2.24) is 4.57 Å². The summed E-state index contributed by atoms with van der Waals surface area (Å²) in [5.41, 5.74) is 3.06. The molecular formula is C17H17N3O3S. The number of nitriles is 1. The summed E-state index contributed by atoms with van der Waals surface area (Å²) in [4.78, 5) is 12.2. The number of ketones is 1. The molecule has 124 valence electrons. The third-order valence-electron chi connectivity index (χ3n) is 3.58. The van der Waals surface area contributed by atoms with E-state index in [1.165, 1.54) is 18.2 Å². The fourth-order valence-corrected chi connectivity index (χ4v) is 2.74. The predicted octanol–water partition coefficient (Wildman–Crippen LogP) is 2.47. The number of hydrogen-bond donors (Lipinski definition) is 1. The van der Waals surface area contributed by atoms with Crippen LogP contribution in [0.4, 0.5) is 5.69 Å². The second kappa shape index (κ2) is 6.72. The van der Waals surface area contributed by atoms with Gasteiger partial charge in [-0.25, -0.2) is 8.42 Å². The Kier molecular flexibility index (Phi) is 4.90. The zero-order valence-electron chi connectivity index (χ0n) is 13.6. The Balaban J connectivity index is 2.17. The second-order valence-electron chi connectivity index (χ2n) is 5.39. The Morgan fingerprint density at radius 1 is 1.29 bits per heavy atom. The molecule has 2 aromatic rings. The molecule has 6 nitrogen and oxygen atoms in total. The van der Waals surface area contributed by atoms with Crippen molar-refractivity contribution in [3.05, 3.63) is 58.9 Å². The summed E-state index contributed by atoms with van der Waals surface area (Å²) in [6.07, 6.45) is 4.16. The highest BCUT2D eigenvalue weighted by atomic mass is 32.2. The molecule has 0 amide bonds. The molecule has 1 N–H and O–H groups in total. The smallest absolute Gasteiger partial charge is 0.229 e. The van der Waals surface area contributed by atoms with Crippen LogP contribution < -0.4 is 4.72 Å². The highest BCUT2D eigenvalue weighted by Crippen LogP contribution is 2.16. The number of nitrogens with one attached hydrogen (secondary N) is 1. The average molecular weight is 343 g/mol. The van der Waals surface area contributed by atoms with Crippen molar-refractivity contribution in [1.29, 1.82) is 5.26 Å². The lowest BCUT2D eigenvalue weighted by Crippen LogP contribution is -2.09. The molecule has 24 heavy (non-hydrogen) atoms. The fourth-order valence-electron chi connectivity index (χ4n) is 2.18. The van der Waals surface area contributed by atoms with Crippen molar-refractivity contribution < 1.29 is 13.2 Å². The van der Waals surface area contributed by atoms with Crippen molar-refractivity contribution >= 4 is 27.6 Å². The maximum atomic E-state index is 12.2. The molecule has 0 fully saturated rings. The van der Waals surface area contributed by atoms with E-state index >= 15 is 0 Å². The highest BCUT2D eigenvalue weighted by Gasteiger charge is 2.08. The first-order valence-corrected chi connectivity index (χ1v) is 8.97. The molecule has 0 aliphatic rings. The quantitative estimate of drug-likeness (QED) is 0.667. The van der Waals surface area contributed by atoms with Gasteiger partial charge in [-0.15, -0.1) is 0 Å². The SMILES string of the molecule is Cc1c(/C=C/C(=O)c2ccc(NS(C)(=O)=O)cc2)cc(C#N)n1C. The molecule has 0 unspecified atom stereocenters. The Morgan fingerprint density at radius 3 is 2.42 bits per heavy atom. The molecule has 1 heterocycles. The summed E-state index contributed by atoms with van der Waals surface area (Å²) >= 11 is 0. The van der Waals surface area contributed by atoms with Crippen molar-refractivity contribution in [2.75, 3.05) is 11.0 Å². The van der Waals surface area contributed by atoms with Gasteiger partial charge in [-0.3, -0.25) is 9.52 Å². The van der Waals surface area contributed by atoms with Gasteiger partial charge in [0.2, 0.25) is 10.0 Å². The fraction of sp³-hybridized carbons (Fsp3) is 0.176. The minimum absolute atomic E-state index is 0.206. The molecule has 1 aromatic heterocycles. The number of aromatic nitrogens is 1. The van der Waals surface area contributed by atoms with Crippen molar-refractivity contribution in [3.8, 4) is 6.07 Å². The van der Waals surface area contributed by atoms with Gasteiger partial charge in [0.1, 0.15) is 11.8 Å². The van der Waals surface area contributed by atoms with Gasteiger partial charge in [-0.2, -0.15) is 5.26 Å². The Bertz CT molecular complexity index is 946. The summed E-state index contributed by atoms with van der Waals surface area (Å²) in [6.45, 7) is 1.87. The van der Waals surface area contributed by atoms with Crippen LogP contribution in [-0.4, -0.2) is 25.0 Å². The van der Waals surface area contributed by atoms with E-state index in [0.29, 0.717) is 16.9 Å². The van der Waals surface area contributed by atoms with E-state index in [1.54, 1.807) is 35.9 Å². The van der Waals surface area contributed by atoms with Crippen molar-refractivity contribution in [3.63, 3.8) is 0 Å². The molecule has 0 radical (unpaired) electrons. The monoisotopic (exact) mass is 343 g/mol. The van der Waals surface area contributed by atoms with Crippen LogP contribution in [0.25, 0.3) is 6.08 Å². The van der Waals surface area contributed by atoms with Crippen molar-refractivity contribution in [2.24, 2.45) is 7.05 Å². The molecule has 0 aliphatic heterocycles. The Hall–Kier alpha value is -2.85. The topological polar surface area (TPSA) is 92.0 Å². The van der Waals surface area contributed by atoms with Gasteiger partial charge in [0, 0.05) is 24.0 Å². The lowest BCUT2D eigenvalue weighted by atomic mass is 10.1. The number of hydrogen-bond acceptors (Lipinski definition) is 4. The summed E-state index contributed by atoms with van der Waals surface area (Å²) in [7, 11) is -1.55. The van der Waals surface area contributed by atoms with Crippen LogP contribution in [0.5, 0.6) is 0 Å². The normalized spacial score (nSPS) is 11.4. The molecule has 0 bridgehead atoms. The maximum absolute atomic E-state index is 12.2. The van der Waals surface area contributed by atoms with E-state index in [-0.39, 0.29) is 5.78 Å². The molecule has 0 atom stereocenters. The Morgan fingerprint density at radius 2 is 1.92 bits per heavy atom. The first-order valence-electron chi connectivity index (χ1n) is 7.08. The van der Waals surface area contributed by atoms with Gasteiger partial charge in [0.25, 0.3) is 0 Å². The lowest BCUT2D eigenvalue weighted by Gasteiger charge is -2.04. The zero-order chi connectivity index (χ0) is 17.9. The molecule has 0 saturated heterocycles. The minimum Gasteiger partial charge on any atom is -0.339 e. The Labute approximate surface area is 141 Å². The van der Waals surface area contributed by atoms with Crippen LogP contribution >= 0.6 is 0 Å². The summed E-state index contributed by atoms with van der Waals surface area (Å²) < 4.78 is 26.4. The van der Waals surface area contributed by atoms with E-state index in [9.17, 15) is 13.2 Å². The molecule has 0 saturated carbocycles. The van der Waals surface area contributed by atoms with E-state index < -0.39 is 10.0 Å². The molecule has 1 aromatic carbocycles. The van der Waals surface area contributed by atoms with Crippen molar-refractivity contribution in [2.45, 2.75) is 6.92 Å². The van der Waals surface area contributed by atoms with Crippen LogP contribution in [-0.2, 0) is 17.1 Å². The minimum atomic E-state index is -3.34. The van der Waals surface area contributed by atoms with Crippen LogP contribution in [0.3, 0.4) is 0 Å².